The lowest BCUT2D eigenvalue weighted by Crippen LogP contribution is -2.41. The summed E-state index contributed by atoms with van der Waals surface area (Å²) < 4.78 is 32.9. The smallest absolute Gasteiger partial charge is 0.325 e. The minimum absolute atomic E-state index is 0.0248. The van der Waals surface area contributed by atoms with Crippen LogP contribution in [0.1, 0.15) is 29.7 Å². The highest BCUT2D eigenvalue weighted by Crippen LogP contribution is 2.22. The summed E-state index contributed by atoms with van der Waals surface area (Å²) in [6, 6.07) is 20.6. The minimum atomic E-state index is -3.93. The highest BCUT2D eigenvalue weighted by molar-refractivity contribution is 7.89. The van der Waals surface area contributed by atoms with Crippen LogP contribution in [0.4, 0.5) is 5.69 Å². The molecule has 2 N–H and O–H groups in total. The molecule has 0 fully saturated rings. The SMILES string of the molecule is Cc1cc(C)cc(NC(=O)C(OC(=O)[C@H](C)NS(=O)(=O)c2ccccc2)c2ccccc2)c1. The van der Waals surface area contributed by atoms with Gasteiger partial charge in [-0.3, -0.25) is 9.59 Å². The molecule has 3 aromatic rings. The molecule has 0 radical (unpaired) electrons. The maximum absolute atomic E-state index is 13.1. The monoisotopic (exact) mass is 466 g/mol. The standard InChI is InChI=1S/C25H26N2O5S/c1-17-14-18(2)16-21(15-17)26-24(28)23(20-10-6-4-7-11-20)32-25(29)19(3)27-33(30,31)22-12-8-5-9-13-22/h4-16,19,23,27H,1-3H3,(H,26,28)/t19-,23?/m0/s1. The predicted molar refractivity (Wildman–Crippen MR) is 126 cm³/mol. The van der Waals surface area contributed by atoms with Crippen molar-refractivity contribution < 1.29 is 22.7 Å². The molecule has 0 spiro atoms. The molecule has 1 unspecified atom stereocenters. The van der Waals surface area contributed by atoms with Crippen LogP contribution in [0.15, 0.2) is 83.8 Å². The molecule has 7 nitrogen and oxygen atoms in total. The largest absolute Gasteiger partial charge is 0.446 e. The second kappa shape index (κ2) is 10.4. The Morgan fingerprint density at radius 2 is 1.39 bits per heavy atom. The van der Waals surface area contributed by atoms with Gasteiger partial charge < -0.3 is 10.1 Å². The molecule has 33 heavy (non-hydrogen) atoms. The number of nitrogens with one attached hydrogen (secondary N) is 2. The van der Waals surface area contributed by atoms with E-state index in [-0.39, 0.29) is 4.90 Å². The second-order valence-corrected chi connectivity index (χ2v) is 9.46. The highest BCUT2D eigenvalue weighted by Gasteiger charge is 2.30. The van der Waals surface area contributed by atoms with E-state index in [0.717, 1.165) is 11.1 Å². The zero-order chi connectivity index (χ0) is 24.0. The molecule has 0 saturated carbocycles. The number of carbonyl (C=O) groups excluding carboxylic acids is 2. The first kappa shape index (κ1) is 24.2. The van der Waals surface area contributed by atoms with Crippen molar-refractivity contribution >= 4 is 27.6 Å². The first-order valence-electron chi connectivity index (χ1n) is 10.4. The van der Waals surface area contributed by atoms with E-state index in [1.807, 2.05) is 32.0 Å². The van der Waals surface area contributed by atoms with Crippen molar-refractivity contribution in [2.45, 2.75) is 37.8 Å². The molecule has 8 heteroatoms. The molecule has 3 aromatic carbocycles. The average Bonchev–Trinajstić information content (AvgIpc) is 2.77. The minimum Gasteiger partial charge on any atom is -0.446 e. The van der Waals surface area contributed by atoms with E-state index >= 15 is 0 Å². The van der Waals surface area contributed by atoms with Gasteiger partial charge in [0, 0.05) is 11.3 Å². The summed E-state index contributed by atoms with van der Waals surface area (Å²) in [5.74, 6) is -1.42. The number of ether oxygens (including phenoxy) is 1. The fourth-order valence-electron chi connectivity index (χ4n) is 3.32. The summed E-state index contributed by atoms with van der Waals surface area (Å²) in [7, 11) is -3.93. The van der Waals surface area contributed by atoms with Crippen molar-refractivity contribution in [1.82, 2.24) is 4.72 Å². The van der Waals surface area contributed by atoms with Crippen LogP contribution in [0.5, 0.6) is 0 Å². The zero-order valence-corrected chi connectivity index (χ0v) is 19.4. The number of carbonyl (C=O) groups is 2. The molecule has 0 saturated heterocycles. The highest BCUT2D eigenvalue weighted by atomic mass is 32.2. The Hall–Kier alpha value is -3.49. The number of hydrogen-bond acceptors (Lipinski definition) is 5. The molecule has 0 aliphatic rings. The van der Waals surface area contributed by atoms with Gasteiger partial charge in [-0.25, -0.2) is 8.42 Å². The Kier molecular flexibility index (Phi) is 7.63. The van der Waals surface area contributed by atoms with Gasteiger partial charge in [0.25, 0.3) is 5.91 Å². The van der Waals surface area contributed by atoms with E-state index in [1.54, 1.807) is 48.5 Å². The number of esters is 1. The summed E-state index contributed by atoms with van der Waals surface area (Å²) in [5, 5.41) is 2.79. The second-order valence-electron chi connectivity index (χ2n) is 7.75. The van der Waals surface area contributed by atoms with Crippen LogP contribution < -0.4 is 10.0 Å². The maximum atomic E-state index is 13.1. The normalized spacial score (nSPS) is 13.1. The molecule has 172 valence electrons. The molecule has 0 bridgehead atoms. The summed E-state index contributed by atoms with van der Waals surface area (Å²) in [6.45, 7) is 5.20. The summed E-state index contributed by atoms with van der Waals surface area (Å²) in [6.07, 6.45) is -1.26. The molecule has 1 amide bonds. The summed E-state index contributed by atoms with van der Waals surface area (Å²) in [4.78, 5) is 25.9. The quantitative estimate of drug-likeness (QED) is 0.491. The van der Waals surface area contributed by atoms with Gasteiger partial charge in [0.1, 0.15) is 6.04 Å². The van der Waals surface area contributed by atoms with Gasteiger partial charge in [-0.05, 0) is 56.2 Å². The van der Waals surface area contributed by atoms with E-state index in [9.17, 15) is 18.0 Å². The number of aryl methyl sites for hydroxylation is 2. The molecule has 2 atom stereocenters. The molecular formula is C25H26N2O5S. The third-order valence-corrected chi connectivity index (χ3v) is 6.36. The fraction of sp³-hybridized carbons (Fsp3) is 0.200. The van der Waals surface area contributed by atoms with Gasteiger partial charge in [0.2, 0.25) is 16.1 Å². The Bertz CT molecular complexity index is 1210. The average molecular weight is 467 g/mol. The molecule has 0 aliphatic carbocycles. The van der Waals surface area contributed by atoms with E-state index in [0.29, 0.717) is 11.3 Å². The number of rotatable bonds is 8. The molecule has 0 aromatic heterocycles. The van der Waals surface area contributed by atoms with Crippen LogP contribution in [-0.4, -0.2) is 26.3 Å². The van der Waals surface area contributed by atoms with E-state index in [2.05, 4.69) is 10.0 Å². The van der Waals surface area contributed by atoms with Crippen LogP contribution in [0.2, 0.25) is 0 Å². The Labute approximate surface area is 193 Å². The summed E-state index contributed by atoms with van der Waals surface area (Å²) in [5.41, 5.74) is 2.99. The van der Waals surface area contributed by atoms with Gasteiger partial charge in [-0.1, -0.05) is 54.6 Å². The van der Waals surface area contributed by atoms with Crippen LogP contribution in [0, 0.1) is 13.8 Å². The Morgan fingerprint density at radius 1 is 0.848 bits per heavy atom. The van der Waals surface area contributed by atoms with Crippen molar-refractivity contribution in [3.63, 3.8) is 0 Å². The van der Waals surface area contributed by atoms with Crippen molar-refractivity contribution in [3.8, 4) is 0 Å². The van der Waals surface area contributed by atoms with Crippen LogP contribution in [-0.2, 0) is 24.3 Å². The molecular weight excluding hydrogens is 440 g/mol. The number of amides is 1. The zero-order valence-electron chi connectivity index (χ0n) is 18.6. The lowest BCUT2D eigenvalue weighted by atomic mass is 10.1. The molecule has 3 rings (SSSR count). The number of sulfonamides is 1. The first-order valence-corrected chi connectivity index (χ1v) is 11.9. The van der Waals surface area contributed by atoms with Crippen LogP contribution in [0.25, 0.3) is 0 Å². The van der Waals surface area contributed by atoms with Crippen molar-refractivity contribution in [3.05, 3.63) is 95.6 Å². The number of hydrogen-bond donors (Lipinski definition) is 2. The number of anilines is 1. The third kappa shape index (κ3) is 6.50. The van der Waals surface area contributed by atoms with E-state index in [4.69, 9.17) is 4.74 Å². The number of benzene rings is 3. The molecule has 0 aliphatic heterocycles. The lowest BCUT2D eigenvalue weighted by Gasteiger charge is -2.21. The van der Waals surface area contributed by atoms with Gasteiger partial charge in [-0.2, -0.15) is 4.72 Å². The maximum Gasteiger partial charge on any atom is 0.325 e. The summed E-state index contributed by atoms with van der Waals surface area (Å²) >= 11 is 0. The Morgan fingerprint density at radius 3 is 1.97 bits per heavy atom. The fourth-order valence-corrected chi connectivity index (χ4v) is 4.54. The lowest BCUT2D eigenvalue weighted by molar-refractivity contribution is -0.156. The first-order chi connectivity index (χ1) is 15.7. The third-order valence-electron chi connectivity index (χ3n) is 4.80. The van der Waals surface area contributed by atoms with Crippen molar-refractivity contribution in [2.75, 3.05) is 5.32 Å². The van der Waals surface area contributed by atoms with Crippen LogP contribution in [0.3, 0.4) is 0 Å². The topological polar surface area (TPSA) is 102 Å². The van der Waals surface area contributed by atoms with Gasteiger partial charge in [0.15, 0.2) is 0 Å². The van der Waals surface area contributed by atoms with E-state index in [1.165, 1.54) is 19.1 Å². The van der Waals surface area contributed by atoms with Crippen LogP contribution >= 0.6 is 0 Å². The predicted octanol–water partition coefficient (Wildman–Crippen LogP) is 3.89. The molecule has 0 heterocycles. The van der Waals surface area contributed by atoms with Crippen molar-refractivity contribution in [2.24, 2.45) is 0 Å². The van der Waals surface area contributed by atoms with Gasteiger partial charge in [-0.15, -0.1) is 0 Å². The Balaban J connectivity index is 1.78. The van der Waals surface area contributed by atoms with E-state index < -0.39 is 34.0 Å². The van der Waals surface area contributed by atoms with Gasteiger partial charge in [0.05, 0.1) is 4.90 Å². The van der Waals surface area contributed by atoms with Crippen molar-refractivity contribution in [1.29, 1.82) is 0 Å². The van der Waals surface area contributed by atoms with Gasteiger partial charge >= 0.3 is 5.97 Å².